The van der Waals surface area contributed by atoms with Crippen LogP contribution in [0.15, 0.2) is 24.3 Å². The van der Waals surface area contributed by atoms with Gasteiger partial charge in [0.2, 0.25) is 0 Å². The fraction of sp³-hybridized carbons (Fsp3) is 0.600. The first-order valence-electron chi connectivity index (χ1n) is 7.00. The Hall–Kier alpha value is -1.23. The van der Waals surface area contributed by atoms with Gasteiger partial charge in [0.1, 0.15) is 5.75 Å². The van der Waals surface area contributed by atoms with Crippen molar-refractivity contribution in [1.29, 1.82) is 0 Å². The van der Waals surface area contributed by atoms with Crippen molar-refractivity contribution in [3.05, 3.63) is 29.8 Å². The standard InChI is InChI=1S/C15H19F3O2/c16-15(17,18)20-13-10-6-5-9-12(13)14(19)11-7-3-1-2-4-8-11/h5-6,9-11,14,19H,1-4,7-8H2. The van der Waals surface area contributed by atoms with E-state index in [9.17, 15) is 18.3 Å². The van der Waals surface area contributed by atoms with Crippen molar-refractivity contribution in [1.82, 2.24) is 0 Å². The molecule has 1 atom stereocenters. The van der Waals surface area contributed by atoms with E-state index in [1.165, 1.54) is 18.2 Å². The Morgan fingerprint density at radius 1 is 1.05 bits per heavy atom. The topological polar surface area (TPSA) is 29.5 Å². The number of alkyl halides is 3. The molecule has 1 aliphatic carbocycles. The maximum Gasteiger partial charge on any atom is 0.573 e. The van der Waals surface area contributed by atoms with Gasteiger partial charge < -0.3 is 9.84 Å². The maximum atomic E-state index is 12.4. The molecule has 2 rings (SSSR count). The van der Waals surface area contributed by atoms with Crippen LogP contribution in [0.25, 0.3) is 0 Å². The summed E-state index contributed by atoms with van der Waals surface area (Å²) >= 11 is 0. The van der Waals surface area contributed by atoms with Crippen molar-refractivity contribution in [2.45, 2.75) is 51.0 Å². The number of para-hydroxylation sites is 1. The van der Waals surface area contributed by atoms with Crippen LogP contribution in [-0.4, -0.2) is 11.5 Å². The molecule has 1 aromatic rings. The highest BCUT2D eigenvalue weighted by atomic mass is 19.4. The second-order valence-electron chi connectivity index (χ2n) is 5.28. The smallest absolute Gasteiger partial charge is 0.405 e. The summed E-state index contributed by atoms with van der Waals surface area (Å²) in [7, 11) is 0. The molecule has 0 aromatic heterocycles. The summed E-state index contributed by atoms with van der Waals surface area (Å²) in [6.45, 7) is 0. The zero-order valence-corrected chi connectivity index (χ0v) is 11.2. The number of benzene rings is 1. The van der Waals surface area contributed by atoms with E-state index in [0.29, 0.717) is 0 Å². The molecule has 5 heteroatoms. The van der Waals surface area contributed by atoms with Crippen LogP contribution in [0.1, 0.15) is 50.2 Å². The maximum absolute atomic E-state index is 12.4. The van der Waals surface area contributed by atoms with Gasteiger partial charge in [-0.1, -0.05) is 43.9 Å². The lowest BCUT2D eigenvalue weighted by molar-refractivity contribution is -0.275. The van der Waals surface area contributed by atoms with Crippen molar-refractivity contribution in [2.75, 3.05) is 0 Å². The average Bonchev–Trinajstić information content (AvgIpc) is 2.65. The quantitative estimate of drug-likeness (QED) is 0.824. The van der Waals surface area contributed by atoms with Crippen LogP contribution in [0.5, 0.6) is 5.75 Å². The molecule has 2 nitrogen and oxygen atoms in total. The highest BCUT2D eigenvalue weighted by Crippen LogP contribution is 2.38. The van der Waals surface area contributed by atoms with E-state index in [1.807, 2.05) is 0 Å². The van der Waals surface area contributed by atoms with E-state index in [0.717, 1.165) is 38.5 Å². The van der Waals surface area contributed by atoms with Gasteiger partial charge in [-0.05, 0) is 24.8 Å². The van der Waals surface area contributed by atoms with Crippen LogP contribution >= 0.6 is 0 Å². The fourth-order valence-electron chi connectivity index (χ4n) is 2.82. The molecular formula is C15H19F3O2. The number of rotatable bonds is 3. The van der Waals surface area contributed by atoms with Crippen LogP contribution in [-0.2, 0) is 0 Å². The normalized spacial score (nSPS) is 19.4. The van der Waals surface area contributed by atoms with E-state index >= 15 is 0 Å². The number of hydrogen-bond acceptors (Lipinski definition) is 2. The predicted octanol–water partition coefficient (Wildman–Crippen LogP) is 4.59. The average molecular weight is 288 g/mol. The van der Waals surface area contributed by atoms with Gasteiger partial charge in [0.05, 0.1) is 6.10 Å². The zero-order chi connectivity index (χ0) is 14.6. The van der Waals surface area contributed by atoms with Gasteiger partial charge in [0.15, 0.2) is 0 Å². The van der Waals surface area contributed by atoms with Crippen molar-refractivity contribution in [2.24, 2.45) is 5.92 Å². The van der Waals surface area contributed by atoms with Crippen molar-refractivity contribution in [3.8, 4) is 5.75 Å². The Morgan fingerprint density at radius 2 is 1.65 bits per heavy atom. The molecule has 0 spiro atoms. The van der Waals surface area contributed by atoms with Gasteiger partial charge >= 0.3 is 6.36 Å². The molecule has 1 aliphatic rings. The molecule has 1 unspecified atom stereocenters. The summed E-state index contributed by atoms with van der Waals surface area (Å²) in [6.07, 6.45) is 0.358. The van der Waals surface area contributed by atoms with Crippen LogP contribution in [0, 0.1) is 5.92 Å². The van der Waals surface area contributed by atoms with E-state index < -0.39 is 12.5 Å². The first-order chi connectivity index (χ1) is 9.47. The molecule has 1 saturated carbocycles. The van der Waals surface area contributed by atoms with Crippen molar-refractivity contribution < 1.29 is 23.0 Å². The molecule has 0 saturated heterocycles. The Bertz CT molecular complexity index is 423. The Kier molecular flexibility index (Phi) is 4.91. The highest BCUT2D eigenvalue weighted by molar-refractivity contribution is 5.35. The summed E-state index contributed by atoms with van der Waals surface area (Å²) in [6, 6.07) is 5.86. The summed E-state index contributed by atoms with van der Waals surface area (Å²) in [5.41, 5.74) is 0.233. The van der Waals surface area contributed by atoms with Crippen LogP contribution in [0.2, 0.25) is 0 Å². The minimum absolute atomic E-state index is 0.00971. The van der Waals surface area contributed by atoms with E-state index in [1.54, 1.807) is 6.07 Å². The number of aliphatic hydroxyl groups is 1. The molecule has 1 aromatic carbocycles. The van der Waals surface area contributed by atoms with Gasteiger partial charge in [-0.3, -0.25) is 0 Å². The number of ether oxygens (including phenoxy) is 1. The molecule has 1 N–H and O–H groups in total. The molecular weight excluding hydrogens is 269 g/mol. The molecule has 0 radical (unpaired) electrons. The van der Waals surface area contributed by atoms with E-state index in [4.69, 9.17) is 0 Å². The molecule has 0 bridgehead atoms. The molecule has 0 aliphatic heterocycles. The summed E-state index contributed by atoms with van der Waals surface area (Å²) in [4.78, 5) is 0. The van der Waals surface area contributed by atoms with E-state index in [-0.39, 0.29) is 17.2 Å². The Balaban J connectivity index is 2.18. The largest absolute Gasteiger partial charge is 0.573 e. The van der Waals surface area contributed by atoms with Gasteiger partial charge in [-0.25, -0.2) is 0 Å². The summed E-state index contributed by atoms with van der Waals surface area (Å²) in [5, 5.41) is 10.4. The van der Waals surface area contributed by atoms with Gasteiger partial charge in [-0.15, -0.1) is 13.2 Å². The third kappa shape index (κ3) is 4.13. The van der Waals surface area contributed by atoms with E-state index in [2.05, 4.69) is 4.74 Å². The Morgan fingerprint density at radius 3 is 2.25 bits per heavy atom. The van der Waals surface area contributed by atoms with Crippen LogP contribution in [0.3, 0.4) is 0 Å². The monoisotopic (exact) mass is 288 g/mol. The first-order valence-corrected chi connectivity index (χ1v) is 7.00. The third-order valence-electron chi connectivity index (χ3n) is 3.81. The minimum atomic E-state index is -4.74. The number of hydrogen-bond donors (Lipinski definition) is 1. The summed E-state index contributed by atoms with van der Waals surface area (Å²) in [5.74, 6) is -0.285. The van der Waals surface area contributed by atoms with Crippen molar-refractivity contribution >= 4 is 0 Å². The molecule has 0 amide bonds. The number of aliphatic hydroxyl groups excluding tert-OH is 1. The lowest BCUT2D eigenvalue weighted by Crippen LogP contribution is -2.20. The first kappa shape index (κ1) is 15.2. The molecule has 0 heterocycles. The second-order valence-corrected chi connectivity index (χ2v) is 5.28. The minimum Gasteiger partial charge on any atom is -0.405 e. The molecule has 1 fully saturated rings. The lowest BCUT2D eigenvalue weighted by atomic mass is 9.89. The second kappa shape index (κ2) is 6.48. The van der Waals surface area contributed by atoms with Gasteiger partial charge in [0, 0.05) is 5.56 Å². The van der Waals surface area contributed by atoms with Crippen LogP contribution in [0.4, 0.5) is 13.2 Å². The molecule has 20 heavy (non-hydrogen) atoms. The number of halogens is 3. The van der Waals surface area contributed by atoms with Crippen molar-refractivity contribution in [3.63, 3.8) is 0 Å². The lowest BCUT2D eigenvalue weighted by Gasteiger charge is -2.24. The van der Waals surface area contributed by atoms with Crippen LogP contribution < -0.4 is 4.74 Å². The fourth-order valence-corrected chi connectivity index (χ4v) is 2.82. The SMILES string of the molecule is OC(c1ccccc1OC(F)(F)F)C1CCCCCC1. The zero-order valence-electron chi connectivity index (χ0n) is 11.2. The third-order valence-corrected chi connectivity index (χ3v) is 3.81. The highest BCUT2D eigenvalue weighted by Gasteiger charge is 2.33. The predicted molar refractivity (Wildman–Crippen MR) is 69.3 cm³/mol. The Labute approximate surface area is 116 Å². The summed E-state index contributed by atoms with van der Waals surface area (Å²) < 4.78 is 41.2. The molecule has 112 valence electrons. The van der Waals surface area contributed by atoms with Gasteiger partial charge in [-0.2, -0.15) is 0 Å². The van der Waals surface area contributed by atoms with Gasteiger partial charge in [0.25, 0.3) is 0 Å².